The van der Waals surface area contributed by atoms with Gasteiger partial charge in [0, 0.05) is 12.6 Å². The fourth-order valence-corrected chi connectivity index (χ4v) is 1.69. The first-order valence-corrected chi connectivity index (χ1v) is 6.60. The molecule has 1 atom stereocenters. The van der Waals surface area contributed by atoms with Crippen molar-refractivity contribution >= 4 is 12.0 Å². The molecule has 0 aromatic heterocycles. The topological polar surface area (TPSA) is 78.4 Å². The Kier molecular flexibility index (Phi) is 4.99. The van der Waals surface area contributed by atoms with Crippen LogP contribution in [0.1, 0.15) is 46.5 Å². The second-order valence-corrected chi connectivity index (χ2v) is 5.89. The Balaban J connectivity index is 2.35. The third-order valence-electron chi connectivity index (χ3n) is 3.59. The predicted octanol–water partition coefficient (Wildman–Crippen LogP) is 1.98. The summed E-state index contributed by atoms with van der Waals surface area (Å²) in [5, 5.41) is 14.4. The molecular formula is C13H24N2O3. The van der Waals surface area contributed by atoms with E-state index in [9.17, 15) is 9.59 Å². The smallest absolute Gasteiger partial charge is 0.315 e. The predicted molar refractivity (Wildman–Crippen MR) is 69.4 cm³/mol. The number of rotatable bonds is 7. The number of amides is 2. The van der Waals surface area contributed by atoms with Gasteiger partial charge in [0.15, 0.2) is 0 Å². The van der Waals surface area contributed by atoms with Crippen molar-refractivity contribution in [2.24, 2.45) is 11.3 Å². The Bertz CT molecular complexity index is 311. The fourth-order valence-electron chi connectivity index (χ4n) is 1.69. The molecule has 3 N–H and O–H groups in total. The van der Waals surface area contributed by atoms with Crippen LogP contribution in [0.15, 0.2) is 0 Å². The summed E-state index contributed by atoms with van der Waals surface area (Å²) < 4.78 is 0. The number of aliphatic carboxylic acids is 1. The monoisotopic (exact) mass is 256 g/mol. The molecule has 0 spiro atoms. The van der Waals surface area contributed by atoms with E-state index in [0.717, 1.165) is 19.3 Å². The van der Waals surface area contributed by atoms with E-state index in [4.69, 9.17) is 5.11 Å². The van der Waals surface area contributed by atoms with Crippen LogP contribution in [0.5, 0.6) is 0 Å². The summed E-state index contributed by atoms with van der Waals surface area (Å²) in [5.41, 5.74) is 0.0687. The van der Waals surface area contributed by atoms with Gasteiger partial charge in [-0.3, -0.25) is 4.79 Å². The van der Waals surface area contributed by atoms with E-state index in [0.29, 0.717) is 12.5 Å². The maximum Gasteiger partial charge on any atom is 0.315 e. The summed E-state index contributed by atoms with van der Waals surface area (Å²) in [6.45, 7) is 6.85. The van der Waals surface area contributed by atoms with Gasteiger partial charge in [0.25, 0.3) is 0 Å². The largest absolute Gasteiger partial charge is 0.481 e. The van der Waals surface area contributed by atoms with E-state index in [2.05, 4.69) is 31.4 Å². The summed E-state index contributed by atoms with van der Waals surface area (Å²) in [5.74, 6) is -0.521. The molecule has 0 aromatic carbocycles. The van der Waals surface area contributed by atoms with Crippen LogP contribution < -0.4 is 10.6 Å². The summed E-state index contributed by atoms with van der Waals surface area (Å²) in [6.07, 6.45) is 3.01. The minimum Gasteiger partial charge on any atom is -0.481 e. The van der Waals surface area contributed by atoms with Gasteiger partial charge in [-0.1, -0.05) is 20.8 Å². The molecule has 2 amide bonds. The normalized spacial score (nSPS) is 17.1. The molecule has 5 nitrogen and oxygen atoms in total. The van der Waals surface area contributed by atoms with E-state index in [1.807, 2.05) is 0 Å². The highest BCUT2D eigenvalue weighted by Crippen LogP contribution is 2.34. The van der Waals surface area contributed by atoms with Crippen molar-refractivity contribution in [3.63, 3.8) is 0 Å². The summed E-state index contributed by atoms with van der Waals surface area (Å²) in [7, 11) is 0. The van der Waals surface area contributed by atoms with Gasteiger partial charge < -0.3 is 15.7 Å². The van der Waals surface area contributed by atoms with Crippen molar-refractivity contribution in [2.75, 3.05) is 6.54 Å². The number of carbonyl (C=O) groups is 2. The van der Waals surface area contributed by atoms with Crippen molar-refractivity contribution < 1.29 is 14.7 Å². The molecule has 0 saturated heterocycles. The zero-order chi connectivity index (χ0) is 13.8. The first-order chi connectivity index (χ1) is 8.34. The van der Waals surface area contributed by atoms with Gasteiger partial charge in [-0.25, -0.2) is 4.79 Å². The summed E-state index contributed by atoms with van der Waals surface area (Å²) in [4.78, 5) is 22.4. The summed E-state index contributed by atoms with van der Waals surface area (Å²) in [6, 6.07) is -0.484. The lowest BCUT2D eigenvalue weighted by Crippen LogP contribution is -2.46. The van der Waals surface area contributed by atoms with Crippen LogP contribution in [0.25, 0.3) is 0 Å². The molecule has 0 bridgehead atoms. The lowest BCUT2D eigenvalue weighted by atomic mass is 9.90. The molecule has 5 heteroatoms. The zero-order valence-electron chi connectivity index (χ0n) is 11.5. The SMILES string of the molecule is CCC(C)(C)CNC(=O)NC(CC(=O)O)C1CC1. The lowest BCUT2D eigenvalue weighted by Gasteiger charge is -2.24. The highest BCUT2D eigenvalue weighted by Gasteiger charge is 2.33. The highest BCUT2D eigenvalue weighted by atomic mass is 16.4. The molecular weight excluding hydrogens is 232 g/mol. The number of nitrogens with one attached hydrogen (secondary N) is 2. The summed E-state index contributed by atoms with van der Waals surface area (Å²) >= 11 is 0. The number of hydrogen-bond donors (Lipinski definition) is 3. The molecule has 1 unspecified atom stereocenters. The minimum atomic E-state index is -0.860. The van der Waals surface area contributed by atoms with Crippen molar-refractivity contribution in [2.45, 2.75) is 52.5 Å². The van der Waals surface area contributed by atoms with E-state index in [1.165, 1.54) is 0 Å². The van der Waals surface area contributed by atoms with Gasteiger partial charge in [-0.15, -0.1) is 0 Å². The Morgan fingerprint density at radius 2 is 2.00 bits per heavy atom. The molecule has 0 radical (unpaired) electrons. The van der Waals surface area contributed by atoms with Crippen LogP contribution in [0.4, 0.5) is 4.79 Å². The number of carboxylic acid groups (broad SMARTS) is 1. The second-order valence-electron chi connectivity index (χ2n) is 5.89. The van der Waals surface area contributed by atoms with Crippen molar-refractivity contribution in [1.82, 2.24) is 10.6 Å². The van der Waals surface area contributed by atoms with E-state index < -0.39 is 5.97 Å². The first kappa shape index (κ1) is 14.8. The second kappa shape index (κ2) is 6.07. The van der Waals surface area contributed by atoms with Gasteiger partial charge in [-0.2, -0.15) is 0 Å². The molecule has 0 heterocycles. The van der Waals surface area contributed by atoms with Crippen LogP contribution in [0.3, 0.4) is 0 Å². The average molecular weight is 256 g/mol. The maximum atomic E-state index is 11.7. The van der Waals surface area contributed by atoms with Crippen LogP contribution in [0, 0.1) is 11.3 Å². The number of hydrogen-bond acceptors (Lipinski definition) is 2. The van der Waals surface area contributed by atoms with Gasteiger partial charge in [0.2, 0.25) is 0 Å². The van der Waals surface area contributed by atoms with E-state index >= 15 is 0 Å². The lowest BCUT2D eigenvalue weighted by molar-refractivity contribution is -0.137. The Morgan fingerprint density at radius 1 is 1.39 bits per heavy atom. The van der Waals surface area contributed by atoms with Crippen molar-refractivity contribution in [3.05, 3.63) is 0 Å². The molecule has 0 aromatic rings. The maximum absolute atomic E-state index is 11.7. The van der Waals surface area contributed by atoms with Gasteiger partial charge in [0.05, 0.1) is 6.42 Å². The Morgan fingerprint density at radius 3 is 2.44 bits per heavy atom. The van der Waals surface area contributed by atoms with Gasteiger partial charge in [0.1, 0.15) is 0 Å². The molecule has 1 saturated carbocycles. The van der Waals surface area contributed by atoms with Crippen molar-refractivity contribution in [3.8, 4) is 0 Å². The Hall–Kier alpha value is -1.26. The highest BCUT2D eigenvalue weighted by molar-refractivity contribution is 5.75. The third kappa shape index (κ3) is 5.38. The first-order valence-electron chi connectivity index (χ1n) is 6.60. The third-order valence-corrected chi connectivity index (χ3v) is 3.59. The molecule has 1 rings (SSSR count). The zero-order valence-corrected chi connectivity index (χ0v) is 11.5. The fraction of sp³-hybridized carbons (Fsp3) is 0.846. The minimum absolute atomic E-state index is 0.00918. The van der Waals surface area contributed by atoms with Gasteiger partial charge in [-0.05, 0) is 30.6 Å². The molecule has 18 heavy (non-hydrogen) atoms. The standard InChI is InChI=1S/C13H24N2O3/c1-4-13(2,3)8-14-12(18)15-10(7-11(16)17)9-5-6-9/h9-10H,4-8H2,1-3H3,(H,16,17)(H2,14,15,18). The van der Waals surface area contributed by atoms with Crippen LogP contribution >= 0.6 is 0 Å². The van der Waals surface area contributed by atoms with Crippen LogP contribution in [0.2, 0.25) is 0 Å². The van der Waals surface area contributed by atoms with E-state index in [-0.39, 0.29) is 23.9 Å². The van der Waals surface area contributed by atoms with Crippen molar-refractivity contribution in [1.29, 1.82) is 0 Å². The molecule has 1 fully saturated rings. The van der Waals surface area contributed by atoms with Crippen LogP contribution in [-0.2, 0) is 4.79 Å². The molecule has 1 aliphatic rings. The molecule has 1 aliphatic carbocycles. The van der Waals surface area contributed by atoms with Gasteiger partial charge >= 0.3 is 12.0 Å². The number of carboxylic acids is 1. The number of urea groups is 1. The molecule has 0 aliphatic heterocycles. The van der Waals surface area contributed by atoms with Crippen LogP contribution in [-0.4, -0.2) is 29.7 Å². The quantitative estimate of drug-likeness (QED) is 0.651. The Labute approximate surface area is 108 Å². The molecule has 104 valence electrons. The number of carbonyl (C=O) groups excluding carboxylic acids is 1. The van der Waals surface area contributed by atoms with E-state index in [1.54, 1.807) is 0 Å². The average Bonchev–Trinajstić information content (AvgIpc) is 3.09.